The van der Waals surface area contributed by atoms with Crippen LogP contribution in [0, 0.1) is 0 Å². The molecule has 1 aromatic carbocycles. The number of fused-ring (bicyclic) bond motifs is 1. The molecule has 1 saturated carbocycles. The summed E-state index contributed by atoms with van der Waals surface area (Å²) in [6.45, 7) is 1.32. The highest BCUT2D eigenvalue weighted by molar-refractivity contribution is 7.90. The Kier molecular flexibility index (Phi) is 4.81. The van der Waals surface area contributed by atoms with Gasteiger partial charge in [-0.25, -0.2) is 13.2 Å². The first-order chi connectivity index (χ1) is 13.9. The number of amides is 2. The van der Waals surface area contributed by atoms with Crippen LogP contribution in [-0.4, -0.2) is 66.3 Å². The van der Waals surface area contributed by atoms with Gasteiger partial charge in [0.05, 0.1) is 12.6 Å². The minimum atomic E-state index is -3.50. The third-order valence-electron chi connectivity index (χ3n) is 6.73. The molecule has 3 atom stereocenters. The van der Waals surface area contributed by atoms with Crippen LogP contribution >= 0.6 is 11.6 Å². The Morgan fingerprint density at radius 3 is 2.83 bits per heavy atom. The molecule has 5 rings (SSSR count). The molecule has 3 aliphatic heterocycles. The summed E-state index contributed by atoms with van der Waals surface area (Å²) in [5.74, 6) is 0. The van der Waals surface area contributed by atoms with Gasteiger partial charge in [-0.05, 0) is 37.0 Å². The van der Waals surface area contributed by atoms with Crippen LogP contribution in [0.15, 0.2) is 24.3 Å². The fourth-order valence-corrected chi connectivity index (χ4v) is 7.93. The van der Waals surface area contributed by atoms with Crippen molar-refractivity contribution in [2.45, 2.75) is 61.6 Å². The lowest BCUT2D eigenvalue weighted by atomic mass is 9.99. The van der Waals surface area contributed by atoms with Gasteiger partial charge < -0.3 is 15.0 Å². The van der Waals surface area contributed by atoms with Crippen molar-refractivity contribution in [3.8, 4) is 0 Å². The molecule has 3 heterocycles. The Balaban J connectivity index is 1.34. The summed E-state index contributed by atoms with van der Waals surface area (Å²) in [5, 5.41) is 3.12. The van der Waals surface area contributed by atoms with E-state index in [0.717, 1.165) is 31.2 Å². The van der Waals surface area contributed by atoms with E-state index < -0.39 is 20.9 Å². The summed E-state index contributed by atoms with van der Waals surface area (Å²) in [5.41, 5.74) is 0.00788. The summed E-state index contributed by atoms with van der Waals surface area (Å²) >= 11 is 6.06. The van der Waals surface area contributed by atoms with Gasteiger partial charge in [-0.2, -0.15) is 4.31 Å². The Morgan fingerprint density at radius 1 is 1.28 bits per heavy atom. The zero-order valence-electron chi connectivity index (χ0n) is 16.2. The largest absolute Gasteiger partial charge is 0.365 e. The molecule has 9 heteroatoms. The highest BCUT2D eigenvalue weighted by atomic mass is 35.5. The maximum atomic E-state index is 13.3. The lowest BCUT2D eigenvalue weighted by Crippen LogP contribution is -2.59. The van der Waals surface area contributed by atoms with E-state index in [4.69, 9.17) is 16.3 Å². The van der Waals surface area contributed by atoms with Crippen molar-refractivity contribution in [2.75, 3.05) is 19.6 Å². The summed E-state index contributed by atoms with van der Waals surface area (Å²) in [7, 11) is -3.50. The van der Waals surface area contributed by atoms with Crippen LogP contribution in [0.3, 0.4) is 0 Å². The third-order valence-corrected chi connectivity index (χ3v) is 9.28. The number of carbonyl (C=O) groups is 1. The molecule has 4 aliphatic rings. The highest BCUT2D eigenvalue weighted by Crippen LogP contribution is 2.47. The minimum absolute atomic E-state index is 0.0871. The van der Waals surface area contributed by atoms with Crippen LogP contribution in [-0.2, 0) is 21.3 Å². The Labute approximate surface area is 176 Å². The van der Waals surface area contributed by atoms with Gasteiger partial charge in [0.2, 0.25) is 10.0 Å². The zero-order valence-corrected chi connectivity index (χ0v) is 17.8. The van der Waals surface area contributed by atoms with Crippen LogP contribution in [0.5, 0.6) is 0 Å². The SMILES string of the molecule is O=C(NC1CCCC1)N1C[C@H]2C[C@H]3[C@](C1)(CN(Cc1cccc(Cl)c1)S3(=O)=O)O2. The molecule has 0 radical (unpaired) electrons. The molecule has 29 heavy (non-hydrogen) atoms. The van der Waals surface area contributed by atoms with Crippen LogP contribution in [0.25, 0.3) is 0 Å². The average Bonchev–Trinajstić information content (AvgIpc) is 3.31. The van der Waals surface area contributed by atoms with Crippen molar-refractivity contribution in [3.63, 3.8) is 0 Å². The number of carbonyl (C=O) groups excluding carboxylic acids is 1. The van der Waals surface area contributed by atoms with E-state index in [0.29, 0.717) is 24.5 Å². The number of sulfonamides is 1. The molecular weight excluding hydrogens is 414 g/mol. The quantitative estimate of drug-likeness (QED) is 0.784. The van der Waals surface area contributed by atoms with E-state index in [9.17, 15) is 13.2 Å². The van der Waals surface area contributed by atoms with Crippen molar-refractivity contribution in [3.05, 3.63) is 34.9 Å². The van der Waals surface area contributed by atoms with E-state index in [1.54, 1.807) is 17.0 Å². The Morgan fingerprint density at radius 2 is 2.07 bits per heavy atom. The van der Waals surface area contributed by atoms with Crippen LogP contribution in [0.1, 0.15) is 37.7 Å². The molecule has 3 saturated heterocycles. The zero-order chi connectivity index (χ0) is 20.2. The van der Waals surface area contributed by atoms with Gasteiger partial charge in [0.1, 0.15) is 10.9 Å². The van der Waals surface area contributed by atoms with Crippen molar-refractivity contribution >= 4 is 27.7 Å². The summed E-state index contributed by atoms with van der Waals surface area (Å²) in [6, 6.07) is 7.40. The molecular formula is C20H26ClN3O4S. The van der Waals surface area contributed by atoms with Gasteiger partial charge in [-0.3, -0.25) is 0 Å². The van der Waals surface area contributed by atoms with Crippen LogP contribution in [0.4, 0.5) is 4.79 Å². The second-order valence-corrected chi connectivity index (χ2v) is 11.3. The number of hydrogen-bond donors (Lipinski definition) is 1. The van der Waals surface area contributed by atoms with E-state index in [-0.39, 0.29) is 31.3 Å². The number of likely N-dealkylation sites (tertiary alicyclic amines) is 1. The first kappa shape index (κ1) is 19.6. The van der Waals surface area contributed by atoms with Gasteiger partial charge in [0.25, 0.3) is 0 Å². The standard InChI is InChI=1S/C20H26ClN3O4S/c21-15-5-3-4-14(8-15)10-24-13-20-12-23(19(25)22-16-6-1-2-7-16)11-17(28-20)9-18(20)29(24,26)27/h3-5,8,16-18H,1-2,6-7,9-13H2,(H,22,25)/t17-,18+,20+/m1/s1. The van der Waals surface area contributed by atoms with Gasteiger partial charge >= 0.3 is 6.03 Å². The minimum Gasteiger partial charge on any atom is -0.365 e. The predicted molar refractivity (Wildman–Crippen MR) is 109 cm³/mol. The summed E-state index contributed by atoms with van der Waals surface area (Å²) < 4.78 is 34.2. The van der Waals surface area contributed by atoms with Crippen molar-refractivity contribution in [1.82, 2.24) is 14.5 Å². The van der Waals surface area contributed by atoms with E-state index >= 15 is 0 Å². The molecule has 158 valence electrons. The number of hydrogen-bond acceptors (Lipinski definition) is 4. The first-order valence-corrected chi connectivity index (χ1v) is 12.2. The van der Waals surface area contributed by atoms with Gasteiger partial charge in [-0.1, -0.05) is 36.6 Å². The second-order valence-electron chi connectivity index (χ2n) is 8.78. The lowest BCUT2D eigenvalue weighted by Gasteiger charge is -2.39. The van der Waals surface area contributed by atoms with E-state index in [1.165, 1.54) is 4.31 Å². The molecule has 2 amide bonds. The fraction of sp³-hybridized carbons (Fsp3) is 0.650. The first-order valence-electron chi connectivity index (χ1n) is 10.3. The van der Waals surface area contributed by atoms with E-state index in [1.807, 2.05) is 12.1 Å². The number of nitrogens with zero attached hydrogens (tertiary/aromatic N) is 2. The maximum Gasteiger partial charge on any atom is 0.317 e. The normalized spacial score (nSPS) is 33.8. The maximum absolute atomic E-state index is 13.3. The number of urea groups is 1. The Bertz CT molecular complexity index is 920. The van der Waals surface area contributed by atoms with Crippen LogP contribution in [0.2, 0.25) is 5.02 Å². The highest BCUT2D eigenvalue weighted by Gasteiger charge is 2.65. The molecule has 2 bridgehead atoms. The lowest BCUT2D eigenvalue weighted by molar-refractivity contribution is -0.0959. The van der Waals surface area contributed by atoms with E-state index in [2.05, 4.69) is 5.32 Å². The number of morpholine rings is 1. The van der Waals surface area contributed by atoms with Crippen LogP contribution < -0.4 is 5.32 Å². The molecule has 1 N–H and O–H groups in total. The van der Waals surface area contributed by atoms with Gasteiger partial charge in [0.15, 0.2) is 0 Å². The Hall–Kier alpha value is -1.35. The second kappa shape index (κ2) is 7.11. The third kappa shape index (κ3) is 3.44. The number of benzene rings is 1. The molecule has 1 aliphatic carbocycles. The number of rotatable bonds is 3. The molecule has 0 unspecified atom stereocenters. The molecule has 7 nitrogen and oxygen atoms in total. The van der Waals surface area contributed by atoms with Gasteiger partial charge in [0, 0.05) is 30.7 Å². The predicted octanol–water partition coefficient (Wildman–Crippen LogP) is 2.35. The fourth-order valence-electron chi connectivity index (χ4n) is 5.42. The molecule has 1 aromatic rings. The smallest absolute Gasteiger partial charge is 0.317 e. The number of ether oxygens (including phenoxy) is 1. The average molecular weight is 440 g/mol. The number of nitrogens with one attached hydrogen (secondary N) is 1. The molecule has 1 spiro atoms. The summed E-state index contributed by atoms with van der Waals surface area (Å²) in [4.78, 5) is 14.6. The molecule has 0 aromatic heterocycles. The monoisotopic (exact) mass is 439 g/mol. The molecule has 4 fully saturated rings. The van der Waals surface area contributed by atoms with Crippen molar-refractivity contribution < 1.29 is 17.9 Å². The summed E-state index contributed by atoms with van der Waals surface area (Å²) in [6.07, 6.45) is 4.58. The topological polar surface area (TPSA) is 79.0 Å². The van der Waals surface area contributed by atoms with Crippen molar-refractivity contribution in [1.29, 1.82) is 0 Å². The van der Waals surface area contributed by atoms with Gasteiger partial charge in [-0.15, -0.1) is 0 Å². The van der Waals surface area contributed by atoms with Crippen molar-refractivity contribution in [2.24, 2.45) is 0 Å². The number of halogens is 1.